The zero-order chi connectivity index (χ0) is 36.9. The predicted molar refractivity (Wildman–Crippen MR) is 204 cm³/mol. The number of rotatable bonds is 7. The van der Waals surface area contributed by atoms with Crippen molar-refractivity contribution in [2.75, 3.05) is 45.1 Å². The van der Waals surface area contributed by atoms with Crippen LogP contribution in [0.2, 0.25) is 0 Å². The molecule has 53 heavy (non-hydrogen) atoms. The molecule has 12 nitrogen and oxygen atoms in total. The molecule has 0 aliphatic carbocycles. The Morgan fingerprint density at radius 2 is 1.81 bits per heavy atom. The van der Waals surface area contributed by atoms with Gasteiger partial charge in [0, 0.05) is 83.7 Å². The number of carbonyl (C=O) groups excluding carboxylic acids is 3. The van der Waals surface area contributed by atoms with E-state index in [1.807, 2.05) is 79.2 Å². The Hall–Kier alpha value is -4.53. The highest BCUT2D eigenvalue weighted by Crippen LogP contribution is 2.45. The minimum Gasteiger partial charge on any atom is -0.388 e. The van der Waals surface area contributed by atoms with Crippen LogP contribution in [0.15, 0.2) is 66.1 Å². The van der Waals surface area contributed by atoms with E-state index in [9.17, 15) is 19.5 Å². The maximum atomic E-state index is 14.3. The number of nitrogens with zero attached hydrogens (tertiary/aromatic N) is 6. The van der Waals surface area contributed by atoms with Crippen LogP contribution in [0.25, 0.3) is 10.6 Å². The molecule has 4 aliphatic heterocycles. The van der Waals surface area contributed by atoms with Gasteiger partial charge in [-0.1, -0.05) is 30.3 Å². The van der Waals surface area contributed by atoms with Crippen molar-refractivity contribution in [1.82, 2.24) is 40.2 Å². The van der Waals surface area contributed by atoms with E-state index in [4.69, 9.17) is 4.98 Å². The number of pyridine rings is 1. The highest BCUT2D eigenvalue weighted by molar-refractivity contribution is 8.00. The smallest absolute Gasteiger partial charge is 0.265 e. The zero-order valence-electron chi connectivity index (χ0n) is 30.2. The van der Waals surface area contributed by atoms with Gasteiger partial charge in [-0.3, -0.25) is 24.5 Å². The minimum absolute atomic E-state index is 0.0363. The highest BCUT2D eigenvalue weighted by Gasteiger charge is 2.44. The normalized spacial score (nSPS) is 22.9. The largest absolute Gasteiger partial charge is 0.388 e. The van der Waals surface area contributed by atoms with Crippen molar-refractivity contribution in [3.05, 3.63) is 99.2 Å². The molecule has 7 heterocycles. The van der Waals surface area contributed by atoms with E-state index < -0.39 is 5.60 Å². The molecule has 1 aromatic carbocycles. The topological polar surface area (TPSA) is 148 Å². The summed E-state index contributed by atoms with van der Waals surface area (Å²) in [5.41, 5.74) is 6.22. The number of thioether (sulfide) groups is 1. The lowest BCUT2D eigenvalue weighted by Crippen LogP contribution is -2.57. The van der Waals surface area contributed by atoms with Crippen LogP contribution < -0.4 is 5.32 Å². The Morgan fingerprint density at radius 3 is 2.53 bits per heavy atom. The average molecular weight is 753 g/mol. The Bertz CT molecular complexity index is 2050. The summed E-state index contributed by atoms with van der Waals surface area (Å²) in [6.45, 7) is 8.06. The van der Waals surface area contributed by atoms with Crippen molar-refractivity contribution in [1.29, 1.82) is 0 Å². The molecule has 14 heteroatoms. The van der Waals surface area contributed by atoms with E-state index in [-0.39, 0.29) is 41.4 Å². The fourth-order valence-electron chi connectivity index (χ4n) is 8.12. The van der Waals surface area contributed by atoms with Gasteiger partial charge in [0.1, 0.15) is 9.88 Å². The first-order valence-corrected chi connectivity index (χ1v) is 20.1. The summed E-state index contributed by atoms with van der Waals surface area (Å²) in [7, 11) is 0. The third-order valence-electron chi connectivity index (χ3n) is 11.2. The predicted octanol–water partition coefficient (Wildman–Crippen LogP) is 4.58. The van der Waals surface area contributed by atoms with Gasteiger partial charge >= 0.3 is 0 Å². The molecule has 4 aromatic rings. The number of hydrogen-bond donors (Lipinski definition) is 3. The number of aromatic nitrogens is 4. The first-order chi connectivity index (χ1) is 25.6. The second-order valence-corrected chi connectivity index (χ2v) is 16.8. The molecule has 276 valence electrons. The lowest BCUT2D eigenvalue weighted by atomic mass is 9.79. The number of aryl methyl sites for hydroxylation is 3. The fraction of sp³-hybridized carbons (Fsp3) is 0.436. The maximum Gasteiger partial charge on any atom is 0.265 e. The second-order valence-electron chi connectivity index (χ2n) is 14.7. The number of likely N-dealkylation sites (tertiary alicyclic amines) is 2. The number of thiazole rings is 1. The summed E-state index contributed by atoms with van der Waals surface area (Å²) in [6, 6.07) is 13.9. The van der Waals surface area contributed by atoms with Crippen LogP contribution in [0, 0.1) is 26.7 Å². The Balaban J connectivity index is 0.921. The van der Waals surface area contributed by atoms with Crippen LogP contribution in [0.4, 0.5) is 0 Å². The molecule has 0 bridgehead atoms. The molecule has 2 saturated heterocycles. The Morgan fingerprint density at radius 1 is 1.02 bits per heavy atom. The van der Waals surface area contributed by atoms with E-state index in [1.54, 1.807) is 22.9 Å². The molecular weight excluding hydrogens is 709 g/mol. The van der Waals surface area contributed by atoms with Gasteiger partial charge in [-0.15, -0.1) is 23.1 Å². The van der Waals surface area contributed by atoms with Crippen molar-refractivity contribution >= 4 is 40.8 Å². The number of hydrogen-bond acceptors (Lipinski definition) is 10. The molecular formula is C39H44N8O4S2. The van der Waals surface area contributed by atoms with Crippen LogP contribution >= 0.6 is 23.1 Å². The van der Waals surface area contributed by atoms with Gasteiger partial charge in [-0.25, -0.2) is 4.98 Å². The zero-order valence-corrected chi connectivity index (χ0v) is 31.8. The van der Waals surface area contributed by atoms with E-state index >= 15 is 0 Å². The number of H-pyrrole nitrogens is 1. The van der Waals surface area contributed by atoms with Gasteiger partial charge in [0.15, 0.2) is 0 Å². The number of nitrogens with one attached hydrogen (secondary N) is 2. The SMILES string of the molecule is Cc1ccc(-c2nc(C)c(C(=O)N3CC[C@@H](C(=O)N4CCC(O)(CN5CNC6=C(CSC6c6cn[nH]c6C)C5=O)CC4)[C@H](c4ccccc4)C3)s2)cn1. The molecule has 8 rings (SSSR count). The van der Waals surface area contributed by atoms with Gasteiger partial charge < -0.3 is 25.1 Å². The van der Waals surface area contributed by atoms with Gasteiger partial charge in [-0.2, -0.15) is 5.10 Å². The summed E-state index contributed by atoms with van der Waals surface area (Å²) in [5.74, 6) is 0.102. The summed E-state index contributed by atoms with van der Waals surface area (Å²) in [6.07, 6.45) is 4.93. The summed E-state index contributed by atoms with van der Waals surface area (Å²) < 4.78 is 0. The third-order valence-corrected chi connectivity index (χ3v) is 13.7. The quantitative estimate of drug-likeness (QED) is 0.247. The average Bonchev–Trinajstić information content (AvgIpc) is 3.91. The summed E-state index contributed by atoms with van der Waals surface area (Å²) in [4.78, 5) is 57.1. The second kappa shape index (κ2) is 14.4. The van der Waals surface area contributed by atoms with Gasteiger partial charge in [0.25, 0.3) is 11.8 Å². The molecule has 0 saturated carbocycles. The number of benzene rings is 1. The van der Waals surface area contributed by atoms with Gasteiger partial charge in [-0.05, 0) is 57.7 Å². The number of amides is 3. The van der Waals surface area contributed by atoms with Crippen molar-refractivity contribution < 1.29 is 19.5 Å². The first-order valence-electron chi connectivity index (χ1n) is 18.2. The molecule has 1 unspecified atom stereocenters. The molecule has 4 aliphatic rings. The standard InChI is InChI=1S/C39H44N8O4S2/c1-23-9-10-27(17-40-23)35-43-25(3)33(53-35)38(50)46-14-11-28(30(19-46)26-7-5-4-6-8-26)36(48)45-15-12-39(51,13-16-45)21-47-22-41-32-31(37(47)49)20-52-34(32)29-18-42-44-24(29)2/h4-10,17-18,28,30,34,41,51H,11-16,19-22H2,1-3H3,(H,42,44)/t28-,30+,34?/m1/s1. The molecule has 0 radical (unpaired) electrons. The Kier molecular flexibility index (Phi) is 9.62. The Labute approximate surface area is 317 Å². The molecule has 3 amide bonds. The van der Waals surface area contributed by atoms with Crippen LogP contribution in [0.1, 0.15) is 68.3 Å². The van der Waals surface area contributed by atoms with E-state index in [0.717, 1.165) is 44.4 Å². The lowest BCUT2D eigenvalue weighted by Gasteiger charge is -2.44. The fourth-order valence-corrected chi connectivity index (χ4v) is 10.6. The summed E-state index contributed by atoms with van der Waals surface area (Å²) >= 11 is 3.10. The number of β-amino-alcohol motifs (C(OH)–C–C–N with tert-alkyl or cyclic N) is 1. The molecule has 3 atom stereocenters. The van der Waals surface area contributed by atoms with Crippen LogP contribution in [-0.2, 0) is 9.59 Å². The van der Waals surface area contributed by atoms with Crippen LogP contribution in [0.5, 0.6) is 0 Å². The van der Waals surface area contributed by atoms with E-state index in [0.29, 0.717) is 68.4 Å². The third kappa shape index (κ3) is 6.88. The summed E-state index contributed by atoms with van der Waals surface area (Å²) in [5, 5.41) is 23.2. The minimum atomic E-state index is -1.09. The monoisotopic (exact) mass is 752 g/mol. The number of aliphatic hydroxyl groups is 1. The molecule has 3 aromatic heterocycles. The maximum absolute atomic E-state index is 14.3. The lowest BCUT2D eigenvalue weighted by molar-refractivity contribution is -0.145. The van der Waals surface area contributed by atoms with Gasteiger partial charge in [0.05, 0.1) is 36.0 Å². The van der Waals surface area contributed by atoms with Crippen molar-refractivity contribution in [2.45, 2.75) is 56.8 Å². The number of carbonyl (C=O) groups is 3. The van der Waals surface area contributed by atoms with Crippen molar-refractivity contribution in [2.24, 2.45) is 5.92 Å². The molecule has 0 spiro atoms. The van der Waals surface area contributed by atoms with E-state index in [1.165, 1.54) is 11.3 Å². The first kappa shape index (κ1) is 35.5. The van der Waals surface area contributed by atoms with Crippen LogP contribution in [0.3, 0.4) is 0 Å². The van der Waals surface area contributed by atoms with Crippen molar-refractivity contribution in [3.63, 3.8) is 0 Å². The number of aromatic amines is 1. The molecule has 2 fully saturated rings. The highest BCUT2D eigenvalue weighted by atomic mass is 32.2. The number of piperidine rings is 2. The van der Waals surface area contributed by atoms with Crippen molar-refractivity contribution in [3.8, 4) is 10.6 Å². The molecule has 3 N–H and O–H groups in total. The van der Waals surface area contributed by atoms with Crippen LogP contribution in [-0.4, -0.2) is 108 Å². The van der Waals surface area contributed by atoms with E-state index in [2.05, 4.69) is 20.5 Å². The van der Waals surface area contributed by atoms with Gasteiger partial charge in [0.2, 0.25) is 5.91 Å².